The lowest BCUT2D eigenvalue weighted by molar-refractivity contribution is 0.0691. The molecule has 0 fully saturated rings. The number of benzene rings is 1. The van der Waals surface area contributed by atoms with E-state index in [4.69, 9.17) is 22.0 Å². The number of hydrogen-bond donors (Lipinski definition) is 2. The first-order valence-electron chi connectivity index (χ1n) is 5.71. The van der Waals surface area contributed by atoms with Gasteiger partial charge in [0.2, 0.25) is 0 Å². The highest BCUT2D eigenvalue weighted by atomic mass is 35.5. The lowest BCUT2D eigenvalue weighted by atomic mass is 10.2. The van der Waals surface area contributed by atoms with Crippen LogP contribution in [-0.4, -0.2) is 22.6 Å². The fraction of sp³-hybridized carbons (Fsp3) is 0.154. The largest absolute Gasteiger partial charge is 0.476 e. The van der Waals surface area contributed by atoms with Crippen molar-refractivity contribution in [3.8, 4) is 6.07 Å². The molecule has 7 heteroatoms. The Morgan fingerprint density at radius 1 is 1.55 bits per heavy atom. The van der Waals surface area contributed by atoms with Crippen LogP contribution in [0.15, 0.2) is 23.6 Å². The van der Waals surface area contributed by atoms with Gasteiger partial charge in [-0.1, -0.05) is 11.6 Å². The van der Waals surface area contributed by atoms with Gasteiger partial charge < -0.3 is 10.4 Å². The third-order valence-corrected chi connectivity index (χ3v) is 3.67. The molecule has 2 rings (SSSR count). The second-order valence-corrected chi connectivity index (χ2v) is 5.29. The molecule has 0 aliphatic heterocycles. The minimum absolute atomic E-state index is 0.0606. The third-order valence-electron chi connectivity index (χ3n) is 2.53. The molecule has 0 atom stereocenters. The monoisotopic (exact) mass is 307 g/mol. The summed E-state index contributed by atoms with van der Waals surface area (Å²) in [6.45, 7) is 0.543. The van der Waals surface area contributed by atoms with E-state index >= 15 is 0 Å². The highest BCUT2D eigenvalue weighted by Gasteiger charge is 2.08. The number of halogens is 1. The molecule has 5 nitrogen and oxygen atoms in total. The average Bonchev–Trinajstić information content (AvgIpc) is 2.88. The molecule has 1 heterocycles. The van der Waals surface area contributed by atoms with Gasteiger partial charge in [-0.2, -0.15) is 5.26 Å². The normalized spacial score (nSPS) is 10.0. The van der Waals surface area contributed by atoms with Crippen molar-refractivity contribution >= 4 is 34.6 Å². The van der Waals surface area contributed by atoms with Crippen LogP contribution in [0.25, 0.3) is 0 Å². The number of carboxylic acids is 1. The number of rotatable bonds is 5. The van der Waals surface area contributed by atoms with Gasteiger partial charge >= 0.3 is 5.97 Å². The van der Waals surface area contributed by atoms with Crippen LogP contribution in [0.5, 0.6) is 0 Å². The van der Waals surface area contributed by atoms with Crippen molar-refractivity contribution in [3.05, 3.63) is 44.9 Å². The summed E-state index contributed by atoms with van der Waals surface area (Å²) >= 11 is 7.19. The maximum atomic E-state index is 10.7. The predicted octanol–water partition coefficient (Wildman–Crippen LogP) is 3.02. The topological polar surface area (TPSA) is 86.0 Å². The molecule has 20 heavy (non-hydrogen) atoms. The van der Waals surface area contributed by atoms with Gasteiger partial charge in [0, 0.05) is 23.4 Å². The molecule has 0 bridgehead atoms. The fourth-order valence-electron chi connectivity index (χ4n) is 1.59. The minimum atomic E-state index is -1.03. The van der Waals surface area contributed by atoms with Gasteiger partial charge in [0.25, 0.3) is 0 Å². The van der Waals surface area contributed by atoms with Crippen LogP contribution in [0.3, 0.4) is 0 Å². The van der Waals surface area contributed by atoms with Gasteiger partial charge in [-0.05, 0) is 18.2 Å². The van der Waals surface area contributed by atoms with Crippen LogP contribution >= 0.6 is 22.9 Å². The zero-order valence-electron chi connectivity index (χ0n) is 10.3. The molecule has 0 radical (unpaired) electrons. The molecule has 0 spiro atoms. The van der Waals surface area contributed by atoms with Gasteiger partial charge in [0.1, 0.15) is 6.07 Å². The van der Waals surface area contributed by atoms with Crippen LogP contribution in [-0.2, 0) is 6.42 Å². The molecular weight excluding hydrogens is 298 g/mol. The molecular formula is C13H10ClN3O2S. The van der Waals surface area contributed by atoms with E-state index in [0.717, 1.165) is 5.01 Å². The average molecular weight is 308 g/mol. The Bertz CT molecular complexity index is 678. The van der Waals surface area contributed by atoms with Crippen LogP contribution in [0.2, 0.25) is 5.02 Å². The van der Waals surface area contributed by atoms with Gasteiger partial charge in [0.15, 0.2) is 5.69 Å². The highest BCUT2D eigenvalue weighted by molar-refractivity contribution is 7.09. The summed E-state index contributed by atoms with van der Waals surface area (Å²) in [6.07, 6.45) is 0.579. The molecule has 0 aliphatic rings. The van der Waals surface area contributed by atoms with E-state index in [-0.39, 0.29) is 5.69 Å². The van der Waals surface area contributed by atoms with Crippen molar-refractivity contribution in [1.29, 1.82) is 5.26 Å². The molecule has 0 aliphatic carbocycles. The molecule has 0 saturated heterocycles. The molecule has 2 aromatic rings. The molecule has 0 unspecified atom stereocenters. The summed E-state index contributed by atoms with van der Waals surface area (Å²) in [6, 6.07) is 7.07. The number of thiazole rings is 1. The van der Waals surface area contributed by atoms with E-state index in [2.05, 4.69) is 16.4 Å². The first kappa shape index (κ1) is 14.3. The number of aromatic nitrogens is 1. The molecule has 102 valence electrons. The first-order valence-corrected chi connectivity index (χ1v) is 6.97. The molecule has 0 saturated carbocycles. The number of nitrogens with zero attached hydrogens (tertiary/aromatic N) is 2. The lowest BCUT2D eigenvalue weighted by Crippen LogP contribution is -2.06. The fourth-order valence-corrected chi connectivity index (χ4v) is 2.53. The number of carbonyl (C=O) groups is 1. The van der Waals surface area contributed by atoms with E-state index < -0.39 is 5.97 Å². The van der Waals surface area contributed by atoms with Gasteiger partial charge in [0.05, 0.1) is 16.3 Å². The Labute approximate surface area is 124 Å². The van der Waals surface area contributed by atoms with Crippen LogP contribution < -0.4 is 5.32 Å². The number of nitrogens with one attached hydrogen (secondary N) is 1. The Morgan fingerprint density at radius 3 is 3.00 bits per heavy atom. The van der Waals surface area contributed by atoms with Crippen molar-refractivity contribution in [2.24, 2.45) is 0 Å². The lowest BCUT2D eigenvalue weighted by Gasteiger charge is -2.07. The number of nitriles is 1. The van der Waals surface area contributed by atoms with Crippen LogP contribution in [0.1, 0.15) is 21.1 Å². The van der Waals surface area contributed by atoms with E-state index in [1.54, 1.807) is 18.2 Å². The summed E-state index contributed by atoms with van der Waals surface area (Å²) < 4.78 is 0. The Hall–Kier alpha value is -2.10. The number of carboxylic acid groups (broad SMARTS) is 1. The second-order valence-electron chi connectivity index (χ2n) is 3.91. The van der Waals surface area contributed by atoms with E-state index in [0.29, 0.717) is 29.2 Å². The van der Waals surface area contributed by atoms with E-state index in [1.165, 1.54) is 16.7 Å². The van der Waals surface area contributed by atoms with Crippen molar-refractivity contribution in [2.75, 3.05) is 11.9 Å². The van der Waals surface area contributed by atoms with Crippen molar-refractivity contribution < 1.29 is 9.90 Å². The number of anilines is 1. The smallest absolute Gasteiger partial charge is 0.355 e. The van der Waals surface area contributed by atoms with E-state index in [9.17, 15) is 4.79 Å². The zero-order chi connectivity index (χ0) is 14.5. The maximum Gasteiger partial charge on any atom is 0.355 e. The Balaban J connectivity index is 1.97. The summed E-state index contributed by atoms with van der Waals surface area (Å²) in [5.74, 6) is -1.03. The van der Waals surface area contributed by atoms with Crippen molar-refractivity contribution in [2.45, 2.75) is 6.42 Å². The first-order chi connectivity index (χ1) is 9.60. The van der Waals surface area contributed by atoms with Gasteiger partial charge in [-0.25, -0.2) is 9.78 Å². The van der Waals surface area contributed by atoms with E-state index in [1.807, 2.05) is 0 Å². The molecule has 0 amide bonds. The Kier molecular flexibility index (Phi) is 4.56. The van der Waals surface area contributed by atoms with Crippen LogP contribution in [0, 0.1) is 11.3 Å². The number of hydrogen-bond acceptors (Lipinski definition) is 5. The van der Waals surface area contributed by atoms with Gasteiger partial charge in [-0.3, -0.25) is 0 Å². The van der Waals surface area contributed by atoms with Crippen LogP contribution in [0.4, 0.5) is 5.69 Å². The third kappa shape index (κ3) is 3.47. The second kappa shape index (κ2) is 6.37. The predicted molar refractivity (Wildman–Crippen MR) is 77.4 cm³/mol. The number of aromatic carboxylic acids is 1. The molecule has 2 N–H and O–H groups in total. The summed E-state index contributed by atoms with van der Waals surface area (Å²) in [4.78, 5) is 14.7. The SMILES string of the molecule is N#Cc1ccc(Cl)cc1NCCc1nc(C(=O)O)cs1. The quantitative estimate of drug-likeness (QED) is 0.886. The van der Waals surface area contributed by atoms with Crippen molar-refractivity contribution in [1.82, 2.24) is 4.98 Å². The highest BCUT2D eigenvalue weighted by Crippen LogP contribution is 2.20. The summed E-state index contributed by atoms with van der Waals surface area (Å²) in [5.41, 5.74) is 1.24. The standard InChI is InChI=1S/C13H10ClN3O2S/c14-9-2-1-8(6-15)10(5-9)16-4-3-12-17-11(7-20-12)13(18)19/h1-2,5,7,16H,3-4H2,(H,18,19). The molecule has 1 aromatic carbocycles. The summed E-state index contributed by atoms with van der Waals surface area (Å²) in [7, 11) is 0. The molecule has 1 aromatic heterocycles. The van der Waals surface area contributed by atoms with Gasteiger partial charge in [-0.15, -0.1) is 11.3 Å². The maximum absolute atomic E-state index is 10.7. The minimum Gasteiger partial charge on any atom is -0.476 e. The van der Waals surface area contributed by atoms with Crippen molar-refractivity contribution in [3.63, 3.8) is 0 Å². The Morgan fingerprint density at radius 2 is 2.35 bits per heavy atom. The zero-order valence-corrected chi connectivity index (χ0v) is 11.8. The summed E-state index contributed by atoms with van der Waals surface area (Å²) in [5, 5.41) is 23.7.